The molecule has 0 aliphatic rings. The van der Waals surface area contributed by atoms with Gasteiger partial charge in [0, 0.05) is 19.0 Å². The average molecular weight is 279 g/mol. The largest absolute Gasteiger partial charge is 0.355 e. The van der Waals surface area contributed by atoms with Crippen molar-refractivity contribution < 1.29 is 9.59 Å². The van der Waals surface area contributed by atoms with Crippen LogP contribution >= 0.6 is 15.9 Å². The highest BCUT2D eigenvalue weighted by Crippen LogP contribution is 1.96. The number of alkyl halides is 1. The lowest BCUT2D eigenvalue weighted by atomic mass is 10.2. The highest BCUT2D eigenvalue weighted by Gasteiger charge is 2.09. The fourth-order valence-electron chi connectivity index (χ4n) is 0.889. The minimum absolute atomic E-state index is 0.0214. The lowest BCUT2D eigenvalue weighted by Crippen LogP contribution is -2.36. The molecule has 0 heterocycles. The Morgan fingerprint density at radius 3 is 2.40 bits per heavy atom. The fourth-order valence-corrected chi connectivity index (χ4v) is 1.05. The van der Waals surface area contributed by atoms with Gasteiger partial charge in [-0.2, -0.15) is 0 Å². The first-order valence-electron chi connectivity index (χ1n) is 5.18. The molecule has 0 spiro atoms. The molecule has 88 valence electrons. The summed E-state index contributed by atoms with van der Waals surface area (Å²) in [5.74, 6) is -0.113. The van der Waals surface area contributed by atoms with Gasteiger partial charge in [-0.15, -0.1) is 0 Å². The first-order valence-corrected chi connectivity index (χ1v) is 6.10. The smallest absolute Gasteiger partial charge is 0.233 e. The van der Waals surface area contributed by atoms with Crippen LogP contribution in [-0.2, 0) is 9.59 Å². The summed E-state index contributed by atoms with van der Waals surface area (Å²) < 4.78 is 0. The maximum Gasteiger partial charge on any atom is 0.233 e. The Hall–Kier alpha value is -0.580. The maximum atomic E-state index is 11.3. The molecule has 4 nitrogen and oxygen atoms in total. The van der Waals surface area contributed by atoms with Crippen molar-refractivity contribution in [3.63, 3.8) is 0 Å². The molecule has 0 radical (unpaired) electrons. The molecule has 0 aromatic rings. The second kappa shape index (κ2) is 7.68. The van der Waals surface area contributed by atoms with Crippen molar-refractivity contribution in [2.75, 3.05) is 6.54 Å². The Morgan fingerprint density at radius 2 is 1.93 bits per heavy atom. The van der Waals surface area contributed by atoms with E-state index in [0.717, 1.165) is 6.42 Å². The number of carbonyl (C=O) groups excluding carboxylic acids is 2. The molecule has 0 saturated heterocycles. The molecular formula is C10H19BrN2O2. The summed E-state index contributed by atoms with van der Waals surface area (Å²) in [5.41, 5.74) is 0. The van der Waals surface area contributed by atoms with Gasteiger partial charge >= 0.3 is 0 Å². The topological polar surface area (TPSA) is 58.2 Å². The molecule has 15 heavy (non-hydrogen) atoms. The highest BCUT2D eigenvalue weighted by atomic mass is 79.9. The van der Waals surface area contributed by atoms with Gasteiger partial charge in [0.1, 0.15) is 0 Å². The van der Waals surface area contributed by atoms with E-state index in [1.807, 2.05) is 13.8 Å². The van der Waals surface area contributed by atoms with Crippen molar-refractivity contribution in [1.82, 2.24) is 10.6 Å². The van der Waals surface area contributed by atoms with E-state index in [2.05, 4.69) is 26.6 Å². The summed E-state index contributed by atoms with van der Waals surface area (Å²) >= 11 is 3.15. The molecular weight excluding hydrogens is 260 g/mol. The van der Waals surface area contributed by atoms with Crippen molar-refractivity contribution in [2.24, 2.45) is 0 Å². The summed E-state index contributed by atoms with van der Waals surface area (Å²) in [6.07, 6.45) is 1.24. The van der Waals surface area contributed by atoms with Crippen LogP contribution in [0.25, 0.3) is 0 Å². The lowest BCUT2D eigenvalue weighted by molar-refractivity contribution is -0.122. The molecule has 0 fully saturated rings. The average Bonchev–Trinajstić information content (AvgIpc) is 2.17. The van der Waals surface area contributed by atoms with Gasteiger partial charge in [0.15, 0.2) is 0 Å². The summed E-state index contributed by atoms with van der Waals surface area (Å²) in [5, 5.41) is 5.49. The van der Waals surface area contributed by atoms with Crippen LogP contribution < -0.4 is 10.6 Å². The van der Waals surface area contributed by atoms with E-state index in [9.17, 15) is 9.59 Å². The third-order valence-electron chi connectivity index (χ3n) is 2.03. The van der Waals surface area contributed by atoms with E-state index in [1.54, 1.807) is 6.92 Å². The van der Waals surface area contributed by atoms with E-state index in [0.29, 0.717) is 13.0 Å². The summed E-state index contributed by atoms with van der Waals surface area (Å²) in [7, 11) is 0. The number of amides is 2. The Morgan fingerprint density at radius 1 is 1.33 bits per heavy atom. The van der Waals surface area contributed by atoms with Crippen LogP contribution in [0.2, 0.25) is 0 Å². The van der Waals surface area contributed by atoms with E-state index in [1.165, 1.54) is 0 Å². The minimum atomic E-state index is -0.213. The maximum absolute atomic E-state index is 11.3. The summed E-state index contributed by atoms with van der Waals surface area (Å²) in [4.78, 5) is 22.2. The molecule has 0 bridgehead atoms. The summed E-state index contributed by atoms with van der Waals surface area (Å²) in [6.45, 7) is 6.10. The van der Waals surface area contributed by atoms with Crippen LogP contribution in [0.5, 0.6) is 0 Å². The van der Waals surface area contributed by atoms with Crippen LogP contribution in [0.4, 0.5) is 0 Å². The molecule has 5 heteroatoms. The predicted octanol–water partition coefficient (Wildman–Crippen LogP) is 1.19. The zero-order valence-corrected chi connectivity index (χ0v) is 11.1. The molecule has 0 saturated carbocycles. The lowest BCUT2D eigenvalue weighted by Gasteiger charge is -2.11. The van der Waals surface area contributed by atoms with Crippen molar-refractivity contribution >= 4 is 27.7 Å². The van der Waals surface area contributed by atoms with Gasteiger partial charge in [-0.3, -0.25) is 9.59 Å². The van der Waals surface area contributed by atoms with Crippen molar-refractivity contribution in [1.29, 1.82) is 0 Å². The van der Waals surface area contributed by atoms with Gasteiger partial charge in [0.05, 0.1) is 4.83 Å². The Balaban J connectivity index is 3.60. The van der Waals surface area contributed by atoms with Crippen LogP contribution in [0.15, 0.2) is 0 Å². The number of nitrogens with one attached hydrogen (secondary N) is 2. The van der Waals surface area contributed by atoms with E-state index >= 15 is 0 Å². The standard InChI is InChI=1S/C10H19BrN2O2/c1-4-7(2)13-9(14)5-6-12-10(15)8(3)11/h7-8H,4-6H2,1-3H3,(H,12,15)(H,13,14). The number of carbonyl (C=O) groups is 2. The zero-order valence-electron chi connectivity index (χ0n) is 9.47. The number of rotatable bonds is 6. The molecule has 0 aliphatic carbocycles. The third-order valence-corrected chi connectivity index (χ3v) is 2.45. The van der Waals surface area contributed by atoms with Gasteiger partial charge in [0.25, 0.3) is 0 Å². The highest BCUT2D eigenvalue weighted by molar-refractivity contribution is 9.10. The Kier molecular flexibility index (Phi) is 7.38. The SMILES string of the molecule is CCC(C)NC(=O)CCNC(=O)C(C)Br. The molecule has 2 unspecified atom stereocenters. The number of hydrogen-bond donors (Lipinski definition) is 2. The number of halogens is 1. The quantitative estimate of drug-likeness (QED) is 0.718. The Bertz CT molecular complexity index is 219. The normalized spacial score (nSPS) is 14.1. The Labute approximate surface area is 99.3 Å². The summed E-state index contributed by atoms with van der Waals surface area (Å²) in [6, 6.07) is 0.198. The van der Waals surface area contributed by atoms with Crippen molar-refractivity contribution in [3.05, 3.63) is 0 Å². The second-order valence-electron chi connectivity index (χ2n) is 3.53. The molecule has 0 aromatic carbocycles. The molecule has 0 rings (SSSR count). The van der Waals surface area contributed by atoms with Crippen LogP contribution in [0.3, 0.4) is 0 Å². The van der Waals surface area contributed by atoms with Crippen molar-refractivity contribution in [3.8, 4) is 0 Å². The first-order chi connectivity index (χ1) is 6.97. The van der Waals surface area contributed by atoms with E-state index in [4.69, 9.17) is 0 Å². The second-order valence-corrected chi connectivity index (χ2v) is 4.91. The van der Waals surface area contributed by atoms with E-state index < -0.39 is 0 Å². The van der Waals surface area contributed by atoms with Crippen molar-refractivity contribution in [2.45, 2.75) is 44.5 Å². The van der Waals surface area contributed by atoms with Gasteiger partial charge in [-0.05, 0) is 20.3 Å². The molecule has 2 amide bonds. The third kappa shape index (κ3) is 7.36. The zero-order chi connectivity index (χ0) is 11.8. The number of hydrogen-bond acceptors (Lipinski definition) is 2. The molecule has 2 atom stereocenters. The van der Waals surface area contributed by atoms with Crippen LogP contribution in [0, 0.1) is 0 Å². The van der Waals surface area contributed by atoms with Crippen LogP contribution in [0.1, 0.15) is 33.6 Å². The monoisotopic (exact) mass is 278 g/mol. The molecule has 0 aromatic heterocycles. The fraction of sp³-hybridized carbons (Fsp3) is 0.800. The minimum Gasteiger partial charge on any atom is -0.355 e. The van der Waals surface area contributed by atoms with Gasteiger partial charge in [-0.25, -0.2) is 0 Å². The van der Waals surface area contributed by atoms with E-state index in [-0.39, 0.29) is 22.7 Å². The molecule has 2 N–H and O–H groups in total. The predicted molar refractivity (Wildman–Crippen MR) is 63.9 cm³/mol. The van der Waals surface area contributed by atoms with Gasteiger partial charge < -0.3 is 10.6 Å². The van der Waals surface area contributed by atoms with Gasteiger partial charge in [-0.1, -0.05) is 22.9 Å². The molecule has 0 aliphatic heterocycles. The van der Waals surface area contributed by atoms with Gasteiger partial charge in [0.2, 0.25) is 11.8 Å². The van der Waals surface area contributed by atoms with Crippen LogP contribution in [-0.4, -0.2) is 29.2 Å². The first kappa shape index (κ1) is 14.4.